The highest BCUT2D eigenvalue weighted by atomic mass is 79.9. The minimum Gasteiger partial charge on any atom is -0.496 e. The van der Waals surface area contributed by atoms with Gasteiger partial charge >= 0.3 is 0 Å². The van der Waals surface area contributed by atoms with E-state index in [1.165, 1.54) is 37.7 Å². The zero-order valence-electron chi connectivity index (χ0n) is 12.1. The Balaban J connectivity index is 2.12. The fourth-order valence-electron chi connectivity index (χ4n) is 3.05. The summed E-state index contributed by atoms with van der Waals surface area (Å²) in [7, 11) is 1.71. The lowest BCUT2D eigenvalue weighted by atomic mass is 9.94. The summed E-state index contributed by atoms with van der Waals surface area (Å²) in [4.78, 5) is 2.41. The monoisotopic (exact) mass is 341 g/mol. The van der Waals surface area contributed by atoms with Crippen molar-refractivity contribution in [1.82, 2.24) is 4.90 Å². The number of hydrogen-bond acceptors (Lipinski definition) is 3. The van der Waals surface area contributed by atoms with Crippen LogP contribution in [0.25, 0.3) is 0 Å². The van der Waals surface area contributed by atoms with Crippen LogP contribution in [-0.2, 0) is 6.54 Å². The molecule has 1 fully saturated rings. The molecule has 0 unspecified atom stereocenters. The summed E-state index contributed by atoms with van der Waals surface area (Å²) in [6, 6.07) is 6.71. The van der Waals surface area contributed by atoms with Crippen LogP contribution in [0, 0.1) is 0 Å². The molecule has 0 saturated heterocycles. The van der Waals surface area contributed by atoms with E-state index in [-0.39, 0.29) is 6.61 Å². The molecule has 1 saturated carbocycles. The smallest absolute Gasteiger partial charge is 0.123 e. The molecule has 0 radical (unpaired) electrons. The van der Waals surface area contributed by atoms with E-state index in [4.69, 9.17) is 4.74 Å². The van der Waals surface area contributed by atoms with Crippen molar-refractivity contribution >= 4 is 15.9 Å². The van der Waals surface area contributed by atoms with Gasteiger partial charge in [-0.25, -0.2) is 0 Å². The van der Waals surface area contributed by atoms with Gasteiger partial charge in [0, 0.05) is 29.2 Å². The molecular weight excluding hydrogens is 318 g/mol. The lowest BCUT2D eigenvalue weighted by Crippen LogP contribution is -2.38. The van der Waals surface area contributed by atoms with Crippen molar-refractivity contribution in [3.8, 4) is 5.75 Å². The molecule has 1 N–H and O–H groups in total. The van der Waals surface area contributed by atoms with Crippen LogP contribution >= 0.6 is 15.9 Å². The zero-order chi connectivity index (χ0) is 14.4. The standard InChI is InChI=1S/C16H24BrNO2/c1-20-16-8-7-14(17)11-13(16)12-18(9-10-19)15-5-3-2-4-6-15/h7-8,11,15,19H,2-6,9-10,12H2,1H3. The Morgan fingerprint density at radius 1 is 1.30 bits per heavy atom. The number of aliphatic hydroxyl groups excluding tert-OH is 1. The first kappa shape index (κ1) is 15.8. The van der Waals surface area contributed by atoms with E-state index in [1.54, 1.807) is 7.11 Å². The fourth-order valence-corrected chi connectivity index (χ4v) is 3.46. The van der Waals surface area contributed by atoms with Gasteiger partial charge in [0.2, 0.25) is 0 Å². The third-order valence-corrected chi connectivity index (χ3v) is 4.59. The van der Waals surface area contributed by atoms with Gasteiger partial charge in [-0.1, -0.05) is 35.2 Å². The van der Waals surface area contributed by atoms with Gasteiger partial charge in [0.15, 0.2) is 0 Å². The van der Waals surface area contributed by atoms with Crippen molar-refractivity contribution in [3.05, 3.63) is 28.2 Å². The molecule has 0 bridgehead atoms. The lowest BCUT2D eigenvalue weighted by molar-refractivity contribution is 0.116. The third-order valence-electron chi connectivity index (χ3n) is 4.09. The second kappa shape index (κ2) is 8.01. The zero-order valence-corrected chi connectivity index (χ0v) is 13.7. The summed E-state index contributed by atoms with van der Waals surface area (Å²) in [5.74, 6) is 0.923. The second-order valence-electron chi connectivity index (χ2n) is 5.44. The van der Waals surface area contributed by atoms with Gasteiger partial charge in [0.25, 0.3) is 0 Å². The van der Waals surface area contributed by atoms with E-state index in [9.17, 15) is 5.11 Å². The lowest BCUT2D eigenvalue weighted by Gasteiger charge is -2.34. The summed E-state index contributed by atoms with van der Waals surface area (Å²) >= 11 is 3.53. The van der Waals surface area contributed by atoms with Crippen LogP contribution in [0.2, 0.25) is 0 Å². The van der Waals surface area contributed by atoms with E-state index in [2.05, 4.69) is 26.9 Å². The number of methoxy groups -OCH3 is 1. The summed E-state index contributed by atoms with van der Waals surface area (Å²) in [6.45, 7) is 1.79. The minimum absolute atomic E-state index is 0.215. The van der Waals surface area contributed by atoms with Crippen LogP contribution < -0.4 is 4.74 Å². The van der Waals surface area contributed by atoms with Gasteiger partial charge in [-0.3, -0.25) is 4.90 Å². The van der Waals surface area contributed by atoms with Crippen LogP contribution in [0.15, 0.2) is 22.7 Å². The Bertz CT molecular complexity index is 419. The van der Waals surface area contributed by atoms with Crippen LogP contribution in [0.3, 0.4) is 0 Å². The van der Waals surface area contributed by atoms with Crippen molar-refractivity contribution in [1.29, 1.82) is 0 Å². The quantitative estimate of drug-likeness (QED) is 0.858. The molecule has 0 heterocycles. The van der Waals surface area contributed by atoms with E-state index in [0.717, 1.165) is 23.3 Å². The number of benzene rings is 1. The average molecular weight is 342 g/mol. The molecule has 1 aromatic rings. The van der Waals surface area contributed by atoms with Crippen LogP contribution in [-0.4, -0.2) is 36.3 Å². The predicted octanol–water partition coefficient (Wildman–Crippen LogP) is 3.58. The van der Waals surface area contributed by atoms with Crippen molar-refractivity contribution < 1.29 is 9.84 Å². The van der Waals surface area contributed by atoms with E-state index in [0.29, 0.717) is 6.04 Å². The molecule has 0 aromatic heterocycles. The highest BCUT2D eigenvalue weighted by molar-refractivity contribution is 9.10. The maximum atomic E-state index is 9.34. The molecular formula is C16H24BrNO2. The molecule has 0 spiro atoms. The van der Waals surface area contributed by atoms with Gasteiger partial charge < -0.3 is 9.84 Å². The number of ether oxygens (including phenoxy) is 1. The highest BCUT2D eigenvalue weighted by Crippen LogP contribution is 2.28. The average Bonchev–Trinajstić information content (AvgIpc) is 2.48. The molecule has 2 rings (SSSR count). The van der Waals surface area contributed by atoms with Crippen molar-refractivity contribution in [3.63, 3.8) is 0 Å². The largest absolute Gasteiger partial charge is 0.496 e. The molecule has 0 amide bonds. The fraction of sp³-hybridized carbons (Fsp3) is 0.625. The Morgan fingerprint density at radius 3 is 2.70 bits per heavy atom. The Labute approximate surface area is 130 Å². The Hall–Kier alpha value is -0.580. The second-order valence-corrected chi connectivity index (χ2v) is 6.36. The molecule has 1 aliphatic rings. The maximum absolute atomic E-state index is 9.34. The van der Waals surface area contributed by atoms with Gasteiger partial charge in [-0.05, 0) is 31.0 Å². The molecule has 0 aliphatic heterocycles. The first-order chi connectivity index (χ1) is 9.74. The van der Waals surface area contributed by atoms with Crippen molar-refractivity contribution in [2.24, 2.45) is 0 Å². The van der Waals surface area contributed by atoms with Gasteiger partial charge in [0.1, 0.15) is 5.75 Å². The summed E-state index contributed by atoms with van der Waals surface area (Å²) in [5.41, 5.74) is 1.18. The van der Waals surface area contributed by atoms with Gasteiger partial charge in [-0.2, -0.15) is 0 Å². The number of halogens is 1. The number of rotatable bonds is 6. The van der Waals surface area contributed by atoms with Crippen molar-refractivity contribution in [2.75, 3.05) is 20.3 Å². The van der Waals surface area contributed by atoms with Gasteiger partial charge in [-0.15, -0.1) is 0 Å². The first-order valence-corrected chi connectivity index (χ1v) is 8.21. The normalized spacial score (nSPS) is 16.6. The molecule has 1 aliphatic carbocycles. The summed E-state index contributed by atoms with van der Waals surface area (Å²) in [5, 5.41) is 9.34. The van der Waals surface area contributed by atoms with Gasteiger partial charge in [0.05, 0.1) is 13.7 Å². The number of aliphatic hydroxyl groups is 1. The van der Waals surface area contributed by atoms with E-state index >= 15 is 0 Å². The molecule has 112 valence electrons. The summed E-state index contributed by atoms with van der Waals surface area (Å²) in [6.07, 6.45) is 6.46. The summed E-state index contributed by atoms with van der Waals surface area (Å²) < 4.78 is 6.53. The SMILES string of the molecule is COc1ccc(Br)cc1CN(CCO)C1CCCCC1. The minimum atomic E-state index is 0.215. The molecule has 0 atom stereocenters. The third kappa shape index (κ3) is 4.21. The Kier molecular flexibility index (Phi) is 6.33. The number of hydrogen-bond donors (Lipinski definition) is 1. The molecule has 20 heavy (non-hydrogen) atoms. The molecule has 1 aromatic carbocycles. The number of nitrogens with zero attached hydrogens (tertiary/aromatic N) is 1. The Morgan fingerprint density at radius 2 is 2.05 bits per heavy atom. The van der Waals surface area contributed by atoms with Crippen LogP contribution in [0.1, 0.15) is 37.7 Å². The first-order valence-electron chi connectivity index (χ1n) is 7.42. The molecule has 3 nitrogen and oxygen atoms in total. The topological polar surface area (TPSA) is 32.7 Å². The van der Waals surface area contributed by atoms with Crippen LogP contribution in [0.4, 0.5) is 0 Å². The van der Waals surface area contributed by atoms with Crippen LogP contribution in [0.5, 0.6) is 5.75 Å². The predicted molar refractivity (Wildman–Crippen MR) is 85.1 cm³/mol. The van der Waals surface area contributed by atoms with Crippen molar-refractivity contribution in [2.45, 2.75) is 44.7 Å². The van der Waals surface area contributed by atoms with E-state index < -0.39 is 0 Å². The van der Waals surface area contributed by atoms with E-state index in [1.807, 2.05) is 12.1 Å². The molecule has 4 heteroatoms. The highest BCUT2D eigenvalue weighted by Gasteiger charge is 2.21. The maximum Gasteiger partial charge on any atom is 0.123 e.